The third-order valence-corrected chi connectivity index (χ3v) is 6.99. The molecule has 0 amide bonds. The van der Waals surface area contributed by atoms with E-state index in [1.165, 1.54) is 44.2 Å². The van der Waals surface area contributed by atoms with Crippen molar-refractivity contribution in [2.45, 2.75) is 85.2 Å². The van der Waals surface area contributed by atoms with Crippen molar-refractivity contribution in [1.82, 2.24) is 0 Å². The van der Waals surface area contributed by atoms with Crippen LogP contribution in [0.15, 0.2) is 66.8 Å². The highest BCUT2D eigenvalue weighted by Crippen LogP contribution is 2.19. The lowest BCUT2D eigenvalue weighted by Crippen LogP contribution is -2.30. The molecule has 0 aromatic heterocycles. The van der Waals surface area contributed by atoms with Gasteiger partial charge in [0.15, 0.2) is 0 Å². The number of hydrogen-bond acceptors (Lipinski definition) is 5. The number of esters is 2. The summed E-state index contributed by atoms with van der Waals surface area (Å²) in [5.41, 5.74) is 4.57. The fourth-order valence-electron chi connectivity index (χ4n) is 4.12. The first kappa shape index (κ1) is 33.6. The molecule has 0 saturated heterocycles. The summed E-state index contributed by atoms with van der Waals surface area (Å²) in [4.78, 5) is 24.3. The fourth-order valence-corrected chi connectivity index (χ4v) is 4.12. The largest absolute Gasteiger partial charge is 0.462 e. The fraction of sp³-hybridized carbons (Fsp3) is 0.444. The van der Waals surface area contributed by atoms with Crippen LogP contribution in [0.1, 0.15) is 88.1 Å². The zero-order chi connectivity index (χ0) is 30.4. The summed E-state index contributed by atoms with van der Waals surface area (Å²) in [6.07, 6.45) is 7.00. The number of carbonyl (C=O) groups is 2. The van der Waals surface area contributed by atoms with Crippen LogP contribution in [0.4, 0.5) is 0 Å². The van der Waals surface area contributed by atoms with Gasteiger partial charge >= 0.3 is 11.9 Å². The van der Waals surface area contributed by atoms with Crippen molar-refractivity contribution in [3.05, 3.63) is 94.6 Å². The van der Waals surface area contributed by atoms with Crippen molar-refractivity contribution >= 4 is 11.9 Å². The SMILES string of the molecule is C=C(C)C(=O)OCC(CCc1ccc(C#Cc2ccc(CCCCC)cc2)c(CC)c1)COC(=O)C(=C)C(C)(C)O. The lowest BCUT2D eigenvalue weighted by atomic mass is 9.96. The highest BCUT2D eigenvalue weighted by molar-refractivity contribution is 5.89. The Balaban J connectivity index is 2.07. The number of benzene rings is 2. The van der Waals surface area contributed by atoms with Crippen molar-refractivity contribution in [1.29, 1.82) is 0 Å². The Labute approximate surface area is 246 Å². The second kappa shape index (κ2) is 16.6. The molecule has 41 heavy (non-hydrogen) atoms. The van der Waals surface area contributed by atoms with Crippen LogP contribution in [0.5, 0.6) is 0 Å². The van der Waals surface area contributed by atoms with E-state index >= 15 is 0 Å². The van der Waals surface area contributed by atoms with Crippen LogP contribution >= 0.6 is 0 Å². The number of aliphatic hydroxyl groups is 1. The van der Waals surface area contributed by atoms with Crippen LogP contribution in [0.2, 0.25) is 0 Å². The van der Waals surface area contributed by atoms with Gasteiger partial charge in [-0.1, -0.05) is 76.0 Å². The molecule has 220 valence electrons. The minimum atomic E-state index is -1.38. The molecule has 0 aliphatic carbocycles. The average Bonchev–Trinajstić information content (AvgIpc) is 2.95. The Morgan fingerprint density at radius 3 is 2.12 bits per heavy atom. The predicted molar refractivity (Wildman–Crippen MR) is 165 cm³/mol. The van der Waals surface area contributed by atoms with E-state index in [-0.39, 0.29) is 24.7 Å². The van der Waals surface area contributed by atoms with Crippen LogP contribution in [-0.4, -0.2) is 35.9 Å². The van der Waals surface area contributed by atoms with Crippen LogP contribution < -0.4 is 0 Å². The highest BCUT2D eigenvalue weighted by Gasteiger charge is 2.26. The molecule has 0 aliphatic rings. The second-order valence-corrected chi connectivity index (χ2v) is 11.2. The molecule has 1 atom stereocenters. The molecule has 2 aromatic rings. The van der Waals surface area contributed by atoms with E-state index in [4.69, 9.17) is 9.47 Å². The highest BCUT2D eigenvalue weighted by atomic mass is 16.5. The maximum Gasteiger partial charge on any atom is 0.336 e. The first-order valence-corrected chi connectivity index (χ1v) is 14.6. The van der Waals surface area contributed by atoms with Crippen LogP contribution in [0, 0.1) is 17.8 Å². The van der Waals surface area contributed by atoms with Gasteiger partial charge < -0.3 is 14.6 Å². The molecule has 1 unspecified atom stereocenters. The zero-order valence-electron chi connectivity index (χ0n) is 25.5. The maximum absolute atomic E-state index is 12.4. The van der Waals surface area contributed by atoms with Gasteiger partial charge in [-0.05, 0) is 87.8 Å². The van der Waals surface area contributed by atoms with Gasteiger partial charge in [-0.3, -0.25) is 0 Å². The first-order chi connectivity index (χ1) is 19.4. The van der Waals surface area contributed by atoms with Crippen LogP contribution in [0.3, 0.4) is 0 Å². The van der Waals surface area contributed by atoms with Gasteiger partial charge in [-0.25, -0.2) is 9.59 Å². The van der Waals surface area contributed by atoms with Crippen LogP contribution in [0.25, 0.3) is 0 Å². The van der Waals surface area contributed by atoms with Gasteiger partial charge in [0.1, 0.15) is 0 Å². The molecule has 0 bridgehead atoms. The molecule has 0 spiro atoms. The standard InChI is InChI=1S/C36H46O5/c1-8-10-11-12-28-13-15-29(16-14-28)19-21-33-22-20-30(23-32(33)9-2)17-18-31(24-40-34(37)26(3)4)25-41-35(38)27(5)36(6,7)39/h13-16,20,22-23,31,39H,3,5,8-12,17-18,24-25H2,1-2,4,6-7H3. The molecule has 2 rings (SSSR count). The van der Waals surface area contributed by atoms with E-state index in [9.17, 15) is 14.7 Å². The Kier molecular flexibility index (Phi) is 13.6. The molecular weight excluding hydrogens is 512 g/mol. The number of ether oxygens (including phenoxy) is 2. The van der Waals surface area contributed by atoms with E-state index in [1.807, 2.05) is 0 Å². The second-order valence-electron chi connectivity index (χ2n) is 11.2. The Hall–Kier alpha value is -3.62. The van der Waals surface area contributed by atoms with E-state index in [2.05, 4.69) is 81.3 Å². The van der Waals surface area contributed by atoms with E-state index in [0.29, 0.717) is 18.4 Å². The van der Waals surface area contributed by atoms with Gasteiger partial charge in [-0.15, -0.1) is 0 Å². The molecule has 5 heteroatoms. The number of hydrogen-bond donors (Lipinski definition) is 1. The Bertz CT molecular complexity index is 1250. The average molecular weight is 559 g/mol. The first-order valence-electron chi connectivity index (χ1n) is 14.6. The molecule has 0 fully saturated rings. The van der Waals surface area contributed by atoms with Crippen molar-refractivity contribution in [3.63, 3.8) is 0 Å². The number of aryl methyl sites for hydroxylation is 3. The van der Waals surface area contributed by atoms with Crippen molar-refractivity contribution in [2.24, 2.45) is 5.92 Å². The monoisotopic (exact) mass is 558 g/mol. The molecule has 2 aromatic carbocycles. The normalized spacial score (nSPS) is 11.7. The van der Waals surface area contributed by atoms with Gasteiger partial charge in [0.2, 0.25) is 0 Å². The summed E-state index contributed by atoms with van der Waals surface area (Å²) in [5.74, 6) is 5.26. The van der Waals surface area contributed by atoms with E-state index in [0.717, 1.165) is 29.5 Å². The van der Waals surface area contributed by atoms with Gasteiger partial charge in [-0.2, -0.15) is 0 Å². The lowest BCUT2D eigenvalue weighted by Gasteiger charge is -2.21. The molecule has 0 saturated carbocycles. The Morgan fingerprint density at radius 1 is 0.902 bits per heavy atom. The molecule has 5 nitrogen and oxygen atoms in total. The number of unbranched alkanes of at least 4 members (excludes halogenated alkanes) is 2. The molecule has 1 N–H and O–H groups in total. The minimum Gasteiger partial charge on any atom is -0.462 e. The molecule has 0 heterocycles. The van der Waals surface area contributed by atoms with Crippen molar-refractivity contribution in [2.75, 3.05) is 13.2 Å². The lowest BCUT2D eigenvalue weighted by molar-refractivity contribution is -0.145. The van der Waals surface area contributed by atoms with Gasteiger partial charge in [0.05, 0.1) is 24.4 Å². The van der Waals surface area contributed by atoms with Crippen molar-refractivity contribution < 1.29 is 24.2 Å². The summed E-state index contributed by atoms with van der Waals surface area (Å²) in [5, 5.41) is 10.0. The van der Waals surface area contributed by atoms with E-state index in [1.54, 1.807) is 6.92 Å². The van der Waals surface area contributed by atoms with E-state index < -0.39 is 17.5 Å². The van der Waals surface area contributed by atoms with Gasteiger partial charge in [0.25, 0.3) is 0 Å². The zero-order valence-corrected chi connectivity index (χ0v) is 25.5. The third kappa shape index (κ3) is 11.8. The molecular formula is C36H46O5. The quantitative estimate of drug-likeness (QED) is 0.111. The molecule has 0 aliphatic heterocycles. The molecule has 0 radical (unpaired) electrons. The summed E-state index contributed by atoms with van der Waals surface area (Å²) >= 11 is 0. The summed E-state index contributed by atoms with van der Waals surface area (Å²) < 4.78 is 10.8. The maximum atomic E-state index is 12.4. The minimum absolute atomic E-state index is 0.0256. The summed E-state index contributed by atoms with van der Waals surface area (Å²) in [6, 6.07) is 14.8. The van der Waals surface area contributed by atoms with Gasteiger partial charge in [0, 0.05) is 22.6 Å². The summed E-state index contributed by atoms with van der Waals surface area (Å²) in [7, 11) is 0. The third-order valence-electron chi connectivity index (χ3n) is 6.99. The topological polar surface area (TPSA) is 72.8 Å². The van der Waals surface area contributed by atoms with Crippen LogP contribution in [-0.2, 0) is 38.3 Å². The smallest absolute Gasteiger partial charge is 0.336 e. The predicted octanol–water partition coefficient (Wildman–Crippen LogP) is 6.92. The van der Waals surface area contributed by atoms with Crippen molar-refractivity contribution in [3.8, 4) is 11.8 Å². The summed E-state index contributed by atoms with van der Waals surface area (Å²) in [6.45, 7) is 16.3. The number of carbonyl (C=O) groups excluding carboxylic acids is 2. The number of rotatable bonds is 15. The Morgan fingerprint density at radius 2 is 1.54 bits per heavy atom.